The number of hydrogen-bond acceptors (Lipinski definition) is 3. The van der Waals surface area contributed by atoms with Crippen molar-refractivity contribution in [2.75, 3.05) is 13.6 Å². The van der Waals surface area contributed by atoms with E-state index in [1.54, 1.807) is 11.9 Å². The van der Waals surface area contributed by atoms with Crippen LogP contribution in [0.4, 0.5) is 0 Å². The molecule has 0 bridgehead atoms. The molecule has 0 spiro atoms. The van der Waals surface area contributed by atoms with Crippen molar-refractivity contribution in [2.45, 2.75) is 57.4 Å². The Morgan fingerprint density at radius 1 is 1.19 bits per heavy atom. The van der Waals surface area contributed by atoms with Gasteiger partial charge in [0.15, 0.2) is 0 Å². The van der Waals surface area contributed by atoms with Crippen LogP contribution in [0.5, 0.6) is 0 Å². The van der Waals surface area contributed by atoms with E-state index in [0.717, 1.165) is 25.7 Å². The molecule has 6 heteroatoms. The Kier molecular flexibility index (Phi) is 4.85. The highest BCUT2D eigenvalue weighted by molar-refractivity contribution is 5.90. The predicted molar refractivity (Wildman–Crippen MR) is 76.6 cm³/mol. The smallest absolute Gasteiger partial charge is 0.310 e. The fraction of sp³-hybridized carbons (Fsp3) is 0.800. The molecule has 1 atom stereocenters. The van der Waals surface area contributed by atoms with Crippen molar-refractivity contribution in [1.82, 2.24) is 10.2 Å². The van der Waals surface area contributed by atoms with Gasteiger partial charge in [0.25, 0.3) is 0 Å². The third-order valence-electron chi connectivity index (χ3n) is 4.88. The zero-order chi connectivity index (χ0) is 15.5. The van der Waals surface area contributed by atoms with E-state index in [0.29, 0.717) is 25.8 Å². The zero-order valence-electron chi connectivity index (χ0n) is 12.6. The lowest BCUT2D eigenvalue weighted by Crippen LogP contribution is -2.47. The molecular formula is C15H24N2O4. The first-order valence-electron chi connectivity index (χ1n) is 7.75. The highest BCUT2D eigenvalue weighted by Gasteiger charge is 2.44. The van der Waals surface area contributed by atoms with Crippen molar-refractivity contribution in [3.05, 3.63) is 0 Å². The minimum Gasteiger partial charge on any atom is -0.481 e. The molecule has 0 aromatic rings. The van der Waals surface area contributed by atoms with Gasteiger partial charge in [-0.25, -0.2) is 0 Å². The number of nitrogens with one attached hydrogen (secondary N) is 1. The highest BCUT2D eigenvalue weighted by Crippen LogP contribution is 2.40. The molecule has 2 amide bonds. The summed E-state index contributed by atoms with van der Waals surface area (Å²) in [5.41, 5.74) is -0.925. The summed E-state index contributed by atoms with van der Waals surface area (Å²) in [5.74, 6) is -1.22. The van der Waals surface area contributed by atoms with Crippen LogP contribution in [0.3, 0.4) is 0 Å². The van der Waals surface area contributed by atoms with E-state index in [4.69, 9.17) is 0 Å². The Hall–Kier alpha value is -1.59. The first kappa shape index (κ1) is 15.8. The van der Waals surface area contributed by atoms with Crippen LogP contribution in [-0.2, 0) is 14.4 Å². The fourth-order valence-corrected chi connectivity index (χ4v) is 3.59. The quantitative estimate of drug-likeness (QED) is 0.814. The van der Waals surface area contributed by atoms with E-state index in [9.17, 15) is 19.5 Å². The average molecular weight is 296 g/mol. The van der Waals surface area contributed by atoms with E-state index in [1.165, 1.54) is 0 Å². The summed E-state index contributed by atoms with van der Waals surface area (Å²) in [7, 11) is 1.56. The Labute approximate surface area is 124 Å². The van der Waals surface area contributed by atoms with Crippen molar-refractivity contribution in [2.24, 2.45) is 5.41 Å². The largest absolute Gasteiger partial charge is 0.481 e. The maximum Gasteiger partial charge on any atom is 0.310 e. The first-order valence-corrected chi connectivity index (χ1v) is 7.75. The van der Waals surface area contributed by atoms with Crippen LogP contribution in [-0.4, -0.2) is 47.4 Å². The molecule has 118 valence electrons. The van der Waals surface area contributed by atoms with Gasteiger partial charge < -0.3 is 15.3 Å². The molecule has 1 aliphatic carbocycles. The second-order valence-electron chi connectivity index (χ2n) is 6.18. The molecule has 21 heavy (non-hydrogen) atoms. The molecule has 2 N–H and O–H groups in total. The number of rotatable bonds is 4. The second kappa shape index (κ2) is 6.45. The lowest BCUT2D eigenvalue weighted by Gasteiger charge is -2.34. The maximum absolute atomic E-state index is 12.5. The highest BCUT2D eigenvalue weighted by atomic mass is 16.4. The molecular weight excluding hydrogens is 272 g/mol. The Morgan fingerprint density at radius 2 is 1.86 bits per heavy atom. The molecule has 1 saturated carbocycles. The van der Waals surface area contributed by atoms with Crippen molar-refractivity contribution >= 4 is 17.8 Å². The molecule has 0 aromatic carbocycles. The molecule has 0 radical (unpaired) electrons. The number of nitrogens with zero attached hydrogens (tertiary/aromatic N) is 1. The second-order valence-corrected chi connectivity index (χ2v) is 6.18. The van der Waals surface area contributed by atoms with E-state index < -0.39 is 17.4 Å². The molecule has 1 unspecified atom stereocenters. The Bertz CT molecular complexity index is 429. The van der Waals surface area contributed by atoms with Crippen molar-refractivity contribution in [3.63, 3.8) is 0 Å². The van der Waals surface area contributed by atoms with Crippen LogP contribution < -0.4 is 5.32 Å². The Morgan fingerprint density at radius 3 is 2.43 bits per heavy atom. The van der Waals surface area contributed by atoms with E-state index >= 15 is 0 Å². The summed E-state index contributed by atoms with van der Waals surface area (Å²) in [5, 5.41) is 12.1. The number of carboxylic acids is 1. The lowest BCUT2D eigenvalue weighted by atomic mass is 9.71. The van der Waals surface area contributed by atoms with Gasteiger partial charge in [-0.15, -0.1) is 0 Å². The maximum atomic E-state index is 12.5. The summed E-state index contributed by atoms with van der Waals surface area (Å²) in [6, 6.07) is -0.433. The monoisotopic (exact) mass is 296 g/mol. The lowest BCUT2D eigenvalue weighted by molar-refractivity contribution is -0.156. The molecule has 1 aliphatic heterocycles. The number of hydrogen-bond donors (Lipinski definition) is 2. The van der Waals surface area contributed by atoms with Crippen LogP contribution in [0.25, 0.3) is 0 Å². The van der Waals surface area contributed by atoms with Crippen molar-refractivity contribution < 1.29 is 19.5 Å². The minimum absolute atomic E-state index is 0.0236. The van der Waals surface area contributed by atoms with Crippen LogP contribution in [0.2, 0.25) is 0 Å². The van der Waals surface area contributed by atoms with Gasteiger partial charge in [0.1, 0.15) is 6.04 Å². The van der Waals surface area contributed by atoms with Crippen LogP contribution in [0, 0.1) is 5.41 Å². The average Bonchev–Trinajstić information content (AvgIpc) is 2.96. The van der Waals surface area contributed by atoms with Gasteiger partial charge in [-0.05, 0) is 25.7 Å². The summed E-state index contributed by atoms with van der Waals surface area (Å²) in [6.07, 6.45) is 5.36. The van der Waals surface area contributed by atoms with E-state index in [-0.39, 0.29) is 18.2 Å². The van der Waals surface area contributed by atoms with Gasteiger partial charge in [-0.2, -0.15) is 0 Å². The van der Waals surface area contributed by atoms with Crippen molar-refractivity contribution in [3.8, 4) is 0 Å². The summed E-state index contributed by atoms with van der Waals surface area (Å²) < 4.78 is 0. The van der Waals surface area contributed by atoms with Gasteiger partial charge in [0.05, 0.1) is 5.41 Å². The van der Waals surface area contributed by atoms with Gasteiger partial charge >= 0.3 is 5.97 Å². The number of amides is 2. The molecule has 6 nitrogen and oxygen atoms in total. The number of likely N-dealkylation sites (N-methyl/N-ethyl adjacent to an activating group) is 1. The first-order chi connectivity index (χ1) is 10.00. The number of carbonyl (C=O) groups is 3. The van der Waals surface area contributed by atoms with Gasteiger partial charge in [-0.3, -0.25) is 14.4 Å². The van der Waals surface area contributed by atoms with Gasteiger partial charge in [0.2, 0.25) is 11.8 Å². The zero-order valence-corrected chi connectivity index (χ0v) is 12.6. The third-order valence-corrected chi connectivity index (χ3v) is 4.88. The molecule has 2 fully saturated rings. The van der Waals surface area contributed by atoms with Gasteiger partial charge in [-0.1, -0.05) is 19.3 Å². The summed E-state index contributed by atoms with van der Waals surface area (Å²) >= 11 is 0. The number of aliphatic carboxylic acids is 1. The van der Waals surface area contributed by atoms with E-state index in [1.807, 2.05) is 0 Å². The standard InChI is InChI=1S/C15H24N2O4/c1-16-13(19)11-6-5-9-17(11)12(18)10-15(14(20)21)7-3-2-4-8-15/h11H,2-10H2,1H3,(H,16,19)(H,20,21). The normalized spacial score (nSPS) is 24.6. The fourth-order valence-electron chi connectivity index (χ4n) is 3.59. The third kappa shape index (κ3) is 3.19. The van der Waals surface area contributed by atoms with Crippen LogP contribution in [0.1, 0.15) is 51.4 Å². The van der Waals surface area contributed by atoms with Crippen molar-refractivity contribution in [1.29, 1.82) is 0 Å². The van der Waals surface area contributed by atoms with Gasteiger partial charge in [0, 0.05) is 20.0 Å². The Balaban J connectivity index is 2.08. The number of likely N-dealkylation sites (tertiary alicyclic amines) is 1. The summed E-state index contributed by atoms with van der Waals surface area (Å²) in [6.45, 7) is 0.548. The number of carboxylic acid groups (broad SMARTS) is 1. The molecule has 2 rings (SSSR count). The molecule has 2 aliphatic rings. The van der Waals surface area contributed by atoms with E-state index in [2.05, 4.69) is 5.32 Å². The van der Waals surface area contributed by atoms with Crippen LogP contribution in [0.15, 0.2) is 0 Å². The SMILES string of the molecule is CNC(=O)C1CCCN1C(=O)CC1(C(=O)O)CCCCC1. The summed E-state index contributed by atoms with van der Waals surface area (Å²) in [4.78, 5) is 37.6. The molecule has 0 aromatic heterocycles. The molecule has 1 heterocycles. The minimum atomic E-state index is -0.925. The number of carbonyl (C=O) groups excluding carboxylic acids is 2. The predicted octanol–water partition coefficient (Wildman–Crippen LogP) is 1.15. The molecule has 1 saturated heterocycles. The topological polar surface area (TPSA) is 86.7 Å². The van der Waals surface area contributed by atoms with Crippen LogP contribution >= 0.6 is 0 Å².